The first-order valence-electron chi connectivity index (χ1n) is 7.97. The molecule has 0 radical (unpaired) electrons. The highest BCUT2D eigenvalue weighted by Crippen LogP contribution is 2.29. The lowest BCUT2D eigenvalue weighted by Gasteiger charge is -2.36. The van der Waals surface area contributed by atoms with Crippen LogP contribution in [0.2, 0.25) is 10.0 Å². The van der Waals surface area contributed by atoms with Crippen molar-refractivity contribution in [3.63, 3.8) is 0 Å². The van der Waals surface area contributed by atoms with Gasteiger partial charge in [0.05, 0.1) is 10.0 Å². The molecule has 0 N–H and O–H groups in total. The van der Waals surface area contributed by atoms with Crippen molar-refractivity contribution in [3.05, 3.63) is 22.3 Å². The number of hydrogen-bond acceptors (Lipinski definition) is 3. The molecule has 1 saturated heterocycles. The first-order chi connectivity index (χ1) is 10.6. The van der Waals surface area contributed by atoms with Crippen LogP contribution in [0.25, 0.3) is 0 Å². The molecule has 4 nitrogen and oxygen atoms in total. The van der Waals surface area contributed by atoms with Gasteiger partial charge in [-0.1, -0.05) is 36.0 Å². The van der Waals surface area contributed by atoms with E-state index >= 15 is 0 Å². The smallest absolute Gasteiger partial charge is 0.222 e. The molecule has 0 unspecified atom stereocenters. The van der Waals surface area contributed by atoms with E-state index in [9.17, 15) is 4.79 Å². The maximum absolute atomic E-state index is 12.4. The Morgan fingerprint density at radius 2 is 1.86 bits per heavy atom. The Morgan fingerprint density at radius 3 is 2.50 bits per heavy atom. The van der Waals surface area contributed by atoms with E-state index in [-0.39, 0.29) is 0 Å². The number of anilines is 1. The van der Waals surface area contributed by atoms with Crippen molar-refractivity contribution < 1.29 is 4.79 Å². The molecule has 3 rings (SSSR count). The van der Waals surface area contributed by atoms with Crippen molar-refractivity contribution in [2.24, 2.45) is 5.92 Å². The van der Waals surface area contributed by atoms with Crippen LogP contribution in [0, 0.1) is 5.92 Å². The number of rotatable bonds is 3. The lowest BCUT2D eigenvalue weighted by atomic mass is 10.0. The van der Waals surface area contributed by atoms with Gasteiger partial charge in [0, 0.05) is 38.8 Å². The Morgan fingerprint density at radius 1 is 1.18 bits per heavy atom. The lowest BCUT2D eigenvalue weighted by molar-refractivity contribution is -0.132. The van der Waals surface area contributed by atoms with Gasteiger partial charge in [-0.05, 0) is 24.8 Å². The fourth-order valence-electron chi connectivity index (χ4n) is 3.40. The third kappa shape index (κ3) is 3.66. The molecule has 1 amide bonds. The fraction of sp³-hybridized carbons (Fsp3) is 0.625. The van der Waals surface area contributed by atoms with Gasteiger partial charge in [0.1, 0.15) is 5.82 Å². The highest BCUT2D eigenvalue weighted by atomic mass is 35.5. The minimum absolute atomic E-state index is 0.307. The summed E-state index contributed by atoms with van der Waals surface area (Å²) >= 11 is 12.1. The molecule has 2 heterocycles. The molecule has 2 aliphatic rings. The predicted molar refractivity (Wildman–Crippen MR) is 89.6 cm³/mol. The van der Waals surface area contributed by atoms with Gasteiger partial charge in [0.25, 0.3) is 0 Å². The largest absolute Gasteiger partial charge is 0.352 e. The Balaban J connectivity index is 1.54. The van der Waals surface area contributed by atoms with E-state index in [1.807, 2.05) is 4.90 Å². The molecule has 0 bridgehead atoms. The van der Waals surface area contributed by atoms with E-state index in [2.05, 4.69) is 9.88 Å². The molecule has 120 valence electrons. The van der Waals surface area contributed by atoms with Crippen LogP contribution in [0.4, 0.5) is 5.82 Å². The number of amides is 1. The van der Waals surface area contributed by atoms with Gasteiger partial charge in [-0.25, -0.2) is 4.98 Å². The Labute approximate surface area is 141 Å². The Hall–Kier alpha value is -1.000. The Bertz CT molecular complexity index is 538. The number of carbonyl (C=O) groups is 1. The molecule has 6 heteroatoms. The van der Waals surface area contributed by atoms with Crippen LogP contribution in [0.1, 0.15) is 32.1 Å². The zero-order chi connectivity index (χ0) is 15.5. The van der Waals surface area contributed by atoms with Gasteiger partial charge in [0.15, 0.2) is 0 Å². The van der Waals surface area contributed by atoms with Crippen LogP contribution in [0.5, 0.6) is 0 Å². The number of carbonyl (C=O) groups excluding carboxylic acids is 1. The molecule has 1 aromatic rings. The SMILES string of the molecule is O=C(CC1CCCC1)N1CCN(c2ncc(Cl)cc2Cl)CC1. The summed E-state index contributed by atoms with van der Waals surface area (Å²) in [6.45, 7) is 3.02. The average Bonchev–Trinajstić information content (AvgIpc) is 3.00. The van der Waals surface area contributed by atoms with Crippen molar-refractivity contribution >= 4 is 34.9 Å². The zero-order valence-electron chi connectivity index (χ0n) is 12.6. The predicted octanol–water partition coefficient (Wildman–Crippen LogP) is 3.62. The lowest BCUT2D eigenvalue weighted by Crippen LogP contribution is -2.49. The van der Waals surface area contributed by atoms with Crippen molar-refractivity contribution in [3.8, 4) is 0 Å². The third-order valence-corrected chi connectivity index (χ3v) is 5.14. The number of halogens is 2. The van der Waals surface area contributed by atoms with Crippen molar-refractivity contribution in [1.82, 2.24) is 9.88 Å². The normalized spacial score (nSPS) is 19.7. The first-order valence-corrected chi connectivity index (χ1v) is 8.73. The van der Waals surface area contributed by atoms with Crippen LogP contribution in [0.3, 0.4) is 0 Å². The van der Waals surface area contributed by atoms with Crippen molar-refractivity contribution in [1.29, 1.82) is 0 Å². The third-order valence-electron chi connectivity index (χ3n) is 4.66. The first kappa shape index (κ1) is 15.9. The summed E-state index contributed by atoms with van der Waals surface area (Å²) in [5, 5.41) is 1.11. The van der Waals surface area contributed by atoms with Crippen molar-refractivity contribution in [2.45, 2.75) is 32.1 Å². The van der Waals surface area contributed by atoms with Crippen LogP contribution in [-0.2, 0) is 4.79 Å². The zero-order valence-corrected chi connectivity index (χ0v) is 14.1. The standard InChI is InChI=1S/C16H21Cl2N3O/c17-13-10-14(18)16(19-11-13)21-7-5-20(6-8-21)15(22)9-12-3-1-2-4-12/h10-12H,1-9H2. The van der Waals surface area contributed by atoms with Crippen LogP contribution < -0.4 is 4.90 Å². The van der Waals surface area contributed by atoms with E-state index in [1.165, 1.54) is 25.7 Å². The molecular formula is C16H21Cl2N3O. The minimum Gasteiger partial charge on any atom is -0.352 e. The molecule has 1 aromatic heterocycles. The van der Waals surface area contributed by atoms with Crippen LogP contribution in [-0.4, -0.2) is 42.0 Å². The summed E-state index contributed by atoms with van der Waals surface area (Å²) in [6, 6.07) is 1.71. The van der Waals surface area contributed by atoms with E-state index in [4.69, 9.17) is 23.2 Å². The maximum atomic E-state index is 12.4. The maximum Gasteiger partial charge on any atom is 0.222 e. The molecule has 0 spiro atoms. The molecule has 1 aliphatic heterocycles. The quantitative estimate of drug-likeness (QED) is 0.842. The number of aromatic nitrogens is 1. The number of hydrogen-bond donors (Lipinski definition) is 0. The van der Waals surface area contributed by atoms with Gasteiger partial charge < -0.3 is 9.80 Å². The van der Waals surface area contributed by atoms with Gasteiger partial charge in [-0.2, -0.15) is 0 Å². The summed E-state index contributed by atoms with van der Waals surface area (Å²) in [4.78, 5) is 20.8. The van der Waals surface area contributed by atoms with E-state index < -0.39 is 0 Å². The minimum atomic E-state index is 0.307. The molecule has 0 aromatic carbocycles. The highest BCUT2D eigenvalue weighted by Gasteiger charge is 2.26. The fourth-order valence-corrected chi connectivity index (χ4v) is 3.90. The van der Waals surface area contributed by atoms with Crippen LogP contribution >= 0.6 is 23.2 Å². The number of nitrogens with zero attached hydrogens (tertiary/aromatic N) is 3. The summed E-state index contributed by atoms with van der Waals surface area (Å²) in [6.07, 6.45) is 7.34. The second-order valence-corrected chi connectivity index (χ2v) is 7.03. The molecule has 0 atom stereocenters. The Kier molecular flexibility index (Phi) is 5.09. The average molecular weight is 342 g/mol. The molecule has 22 heavy (non-hydrogen) atoms. The molecule has 2 fully saturated rings. The van der Waals surface area contributed by atoms with Gasteiger partial charge >= 0.3 is 0 Å². The molecule has 1 aliphatic carbocycles. The monoisotopic (exact) mass is 341 g/mol. The van der Waals surface area contributed by atoms with E-state index in [1.54, 1.807) is 12.3 Å². The van der Waals surface area contributed by atoms with E-state index in [0.717, 1.165) is 38.4 Å². The van der Waals surface area contributed by atoms with Gasteiger partial charge in [-0.15, -0.1) is 0 Å². The number of pyridine rings is 1. The van der Waals surface area contributed by atoms with Crippen molar-refractivity contribution in [2.75, 3.05) is 31.1 Å². The topological polar surface area (TPSA) is 36.4 Å². The van der Waals surface area contributed by atoms with Gasteiger partial charge in [-0.3, -0.25) is 4.79 Å². The summed E-state index contributed by atoms with van der Waals surface area (Å²) in [7, 11) is 0. The van der Waals surface area contributed by atoms with E-state index in [0.29, 0.717) is 21.9 Å². The molecule has 1 saturated carbocycles. The summed E-state index contributed by atoms with van der Waals surface area (Å²) in [5.41, 5.74) is 0. The second-order valence-electron chi connectivity index (χ2n) is 6.18. The number of piperazine rings is 1. The highest BCUT2D eigenvalue weighted by molar-refractivity contribution is 6.36. The molecular weight excluding hydrogens is 321 g/mol. The van der Waals surface area contributed by atoms with Gasteiger partial charge in [0.2, 0.25) is 5.91 Å². The second kappa shape index (κ2) is 7.05. The van der Waals surface area contributed by atoms with Crippen LogP contribution in [0.15, 0.2) is 12.3 Å². The summed E-state index contributed by atoms with van der Waals surface area (Å²) in [5.74, 6) is 1.67. The summed E-state index contributed by atoms with van der Waals surface area (Å²) < 4.78 is 0.